The summed E-state index contributed by atoms with van der Waals surface area (Å²) in [6.45, 7) is 0. The van der Waals surface area contributed by atoms with Crippen LogP contribution in [0, 0.1) is 0 Å². The third kappa shape index (κ3) is 2.51. The van der Waals surface area contributed by atoms with Crippen LogP contribution in [0.1, 0.15) is 0 Å². The molecule has 0 spiro atoms. The highest BCUT2D eigenvalue weighted by molar-refractivity contribution is 9.10. The zero-order valence-corrected chi connectivity index (χ0v) is 12.3. The van der Waals surface area contributed by atoms with E-state index in [-0.39, 0.29) is 0 Å². The van der Waals surface area contributed by atoms with Gasteiger partial charge in [0.05, 0.1) is 0 Å². The Morgan fingerprint density at radius 2 is 1.89 bits per heavy atom. The van der Waals surface area contributed by atoms with Gasteiger partial charge in [-0.2, -0.15) is 0 Å². The van der Waals surface area contributed by atoms with Gasteiger partial charge in [-0.05, 0) is 35.0 Å². The molecule has 0 fully saturated rings. The topological polar surface area (TPSA) is 24.9 Å². The van der Waals surface area contributed by atoms with Crippen LogP contribution >= 0.6 is 38.9 Å². The van der Waals surface area contributed by atoms with E-state index in [1.165, 1.54) is 22.1 Å². The molecule has 90 valence electrons. The Labute approximate surface area is 122 Å². The van der Waals surface area contributed by atoms with Gasteiger partial charge in [-0.1, -0.05) is 39.7 Å². The predicted molar refractivity (Wildman–Crippen MR) is 82.1 cm³/mol. The van der Waals surface area contributed by atoms with Crippen LogP contribution < -0.4 is 5.32 Å². The summed E-state index contributed by atoms with van der Waals surface area (Å²) in [4.78, 5) is 4.17. The predicted octanol–water partition coefficient (Wildman–Crippen LogP) is 5.46. The van der Waals surface area contributed by atoms with Crippen molar-refractivity contribution in [3.63, 3.8) is 0 Å². The van der Waals surface area contributed by atoms with Crippen LogP contribution in [0.2, 0.25) is 5.15 Å². The monoisotopic (exact) mass is 338 g/mol. The SMILES string of the molecule is Clc1csc(Nc2ccc3cc(Br)ccc3c2)n1. The Morgan fingerprint density at radius 1 is 1.11 bits per heavy atom. The van der Waals surface area contributed by atoms with Crippen molar-refractivity contribution in [1.29, 1.82) is 0 Å². The molecule has 0 radical (unpaired) electrons. The molecule has 0 aliphatic heterocycles. The lowest BCUT2D eigenvalue weighted by Crippen LogP contribution is -1.88. The van der Waals surface area contributed by atoms with Gasteiger partial charge in [-0.25, -0.2) is 4.98 Å². The Bertz CT molecular complexity index is 711. The van der Waals surface area contributed by atoms with Gasteiger partial charge < -0.3 is 5.32 Å². The number of hydrogen-bond donors (Lipinski definition) is 1. The lowest BCUT2D eigenvalue weighted by molar-refractivity contribution is 1.39. The van der Waals surface area contributed by atoms with Crippen LogP contribution in [-0.2, 0) is 0 Å². The Kier molecular flexibility index (Phi) is 3.24. The zero-order valence-electron chi connectivity index (χ0n) is 9.15. The van der Waals surface area contributed by atoms with Crippen molar-refractivity contribution in [2.24, 2.45) is 0 Å². The maximum absolute atomic E-state index is 5.79. The first-order valence-electron chi connectivity index (χ1n) is 5.28. The van der Waals surface area contributed by atoms with Crippen molar-refractivity contribution in [2.45, 2.75) is 0 Å². The molecule has 0 saturated heterocycles. The number of nitrogens with zero attached hydrogens (tertiary/aromatic N) is 1. The second kappa shape index (κ2) is 4.88. The van der Waals surface area contributed by atoms with Crippen molar-refractivity contribution < 1.29 is 0 Å². The van der Waals surface area contributed by atoms with Gasteiger partial charge in [0.2, 0.25) is 0 Å². The van der Waals surface area contributed by atoms with E-state index in [2.05, 4.69) is 50.5 Å². The molecule has 0 atom stereocenters. The number of benzene rings is 2. The second-order valence-corrected chi connectivity index (χ2v) is 5.97. The van der Waals surface area contributed by atoms with Crippen LogP contribution in [0.3, 0.4) is 0 Å². The minimum atomic E-state index is 0.521. The first-order chi connectivity index (χ1) is 8.70. The quantitative estimate of drug-likeness (QED) is 0.671. The van der Waals surface area contributed by atoms with Gasteiger partial charge in [0.15, 0.2) is 5.13 Å². The highest BCUT2D eigenvalue weighted by atomic mass is 79.9. The number of hydrogen-bond acceptors (Lipinski definition) is 3. The normalized spacial score (nSPS) is 10.8. The van der Waals surface area contributed by atoms with Crippen LogP contribution in [0.4, 0.5) is 10.8 Å². The molecular formula is C13H8BrClN2S. The Morgan fingerprint density at radius 3 is 2.67 bits per heavy atom. The standard InChI is InChI=1S/C13H8BrClN2S/c14-10-3-1-9-6-11(4-2-8(9)5-10)16-13-17-12(15)7-18-13/h1-7H,(H,16,17). The Balaban J connectivity index is 1.96. The summed E-state index contributed by atoms with van der Waals surface area (Å²) in [6.07, 6.45) is 0. The van der Waals surface area contributed by atoms with Gasteiger partial charge in [0.25, 0.3) is 0 Å². The molecule has 2 nitrogen and oxygen atoms in total. The van der Waals surface area contributed by atoms with Crippen LogP contribution in [0.25, 0.3) is 10.8 Å². The fourth-order valence-electron chi connectivity index (χ4n) is 1.73. The molecule has 3 aromatic rings. The number of rotatable bonds is 2. The zero-order chi connectivity index (χ0) is 12.5. The van der Waals surface area contributed by atoms with Crippen LogP contribution in [0.15, 0.2) is 46.3 Å². The second-order valence-electron chi connectivity index (χ2n) is 3.81. The Hall–Kier alpha value is -1.10. The highest BCUT2D eigenvalue weighted by Gasteiger charge is 2.01. The van der Waals surface area contributed by atoms with Gasteiger partial charge in [0, 0.05) is 15.5 Å². The fraction of sp³-hybridized carbons (Fsp3) is 0. The van der Waals surface area contributed by atoms with Crippen molar-refractivity contribution in [1.82, 2.24) is 4.98 Å². The number of thiazole rings is 1. The third-order valence-corrected chi connectivity index (χ3v) is 4.10. The molecule has 3 rings (SSSR count). The number of fused-ring (bicyclic) bond motifs is 1. The molecule has 0 saturated carbocycles. The number of halogens is 2. The number of anilines is 2. The summed E-state index contributed by atoms with van der Waals surface area (Å²) in [6, 6.07) is 12.4. The largest absolute Gasteiger partial charge is 0.331 e. The van der Waals surface area contributed by atoms with Gasteiger partial charge >= 0.3 is 0 Å². The fourth-order valence-corrected chi connectivity index (χ4v) is 2.97. The maximum Gasteiger partial charge on any atom is 0.188 e. The molecule has 1 N–H and O–H groups in total. The molecule has 0 amide bonds. The molecule has 1 heterocycles. The number of nitrogens with one attached hydrogen (secondary N) is 1. The summed E-state index contributed by atoms with van der Waals surface area (Å²) in [5, 5.41) is 8.76. The maximum atomic E-state index is 5.79. The average Bonchev–Trinajstić information content (AvgIpc) is 2.75. The number of aromatic nitrogens is 1. The molecule has 5 heteroatoms. The van der Waals surface area contributed by atoms with Gasteiger partial charge in [-0.15, -0.1) is 11.3 Å². The minimum absolute atomic E-state index is 0.521. The highest BCUT2D eigenvalue weighted by Crippen LogP contribution is 2.27. The van der Waals surface area contributed by atoms with Crippen LogP contribution in [-0.4, -0.2) is 4.98 Å². The molecule has 2 aromatic carbocycles. The summed E-state index contributed by atoms with van der Waals surface area (Å²) in [5.41, 5.74) is 1.01. The van der Waals surface area contributed by atoms with Crippen molar-refractivity contribution in [3.05, 3.63) is 51.4 Å². The van der Waals surface area contributed by atoms with Gasteiger partial charge in [-0.3, -0.25) is 0 Å². The summed E-state index contributed by atoms with van der Waals surface area (Å²) in [5.74, 6) is 0. The summed E-state index contributed by atoms with van der Waals surface area (Å²) < 4.78 is 1.09. The van der Waals surface area contributed by atoms with E-state index in [1.54, 1.807) is 0 Å². The summed E-state index contributed by atoms with van der Waals surface area (Å²) in [7, 11) is 0. The van der Waals surface area contributed by atoms with Gasteiger partial charge in [0.1, 0.15) is 5.15 Å². The van der Waals surface area contributed by atoms with Crippen molar-refractivity contribution >= 4 is 60.5 Å². The molecule has 18 heavy (non-hydrogen) atoms. The van der Waals surface area contributed by atoms with E-state index in [1.807, 2.05) is 17.5 Å². The van der Waals surface area contributed by atoms with E-state index in [0.717, 1.165) is 15.3 Å². The smallest absolute Gasteiger partial charge is 0.188 e. The molecule has 1 aromatic heterocycles. The first kappa shape index (κ1) is 12.0. The van der Waals surface area contributed by atoms with E-state index in [9.17, 15) is 0 Å². The molecule has 0 aliphatic rings. The lowest BCUT2D eigenvalue weighted by Gasteiger charge is -2.05. The van der Waals surface area contributed by atoms with Crippen LogP contribution in [0.5, 0.6) is 0 Å². The molecule has 0 bridgehead atoms. The molecule has 0 aliphatic carbocycles. The molecular weight excluding hydrogens is 332 g/mol. The minimum Gasteiger partial charge on any atom is -0.331 e. The van der Waals surface area contributed by atoms with E-state index in [0.29, 0.717) is 5.15 Å². The van der Waals surface area contributed by atoms with E-state index < -0.39 is 0 Å². The third-order valence-electron chi connectivity index (χ3n) is 2.53. The van der Waals surface area contributed by atoms with E-state index in [4.69, 9.17) is 11.6 Å². The van der Waals surface area contributed by atoms with E-state index >= 15 is 0 Å². The summed E-state index contributed by atoms with van der Waals surface area (Å²) >= 11 is 10.8. The lowest BCUT2D eigenvalue weighted by atomic mass is 10.1. The average molecular weight is 340 g/mol. The van der Waals surface area contributed by atoms with Crippen molar-refractivity contribution in [3.8, 4) is 0 Å². The first-order valence-corrected chi connectivity index (χ1v) is 7.33. The van der Waals surface area contributed by atoms with Crippen molar-refractivity contribution in [2.75, 3.05) is 5.32 Å². The molecule has 0 unspecified atom stereocenters.